The third kappa shape index (κ3) is 2.20. The highest BCUT2D eigenvalue weighted by atomic mass is 16.3. The van der Waals surface area contributed by atoms with Crippen LogP contribution in [0.5, 0.6) is 0 Å². The molecule has 3 rings (SSSR count). The van der Waals surface area contributed by atoms with E-state index in [-0.39, 0.29) is 5.91 Å². The molecule has 3 aromatic rings. The van der Waals surface area contributed by atoms with Gasteiger partial charge >= 0.3 is 0 Å². The Kier molecular flexibility index (Phi) is 2.76. The standard InChI is InChI=1S/C15H12N2O2/c1-10(18)16-12-7-3-2-6-11(12)15-17-13-8-4-5-9-14(13)19-15/h2-9H,1H3,(H,16,18). The summed E-state index contributed by atoms with van der Waals surface area (Å²) < 4.78 is 5.71. The quantitative estimate of drug-likeness (QED) is 0.760. The Hall–Kier alpha value is -2.62. The third-order valence-corrected chi connectivity index (χ3v) is 2.76. The number of hydrogen-bond acceptors (Lipinski definition) is 3. The molecule has 0 atom stereocenters. The molecule has 0 aliphatic heterocycles. The van der Waals surface area contributed by atoms with Gasteiger partial charge in [0.2, 0.25) is 11.8 Å². The summed E-state index contributed by atoms with van der Waals surface area (Å²) in [5.41, 5.74) is 3.00. The topological polar surface area (TPSA) is 55.1 Å². The molecular weight excluding hydrogens is 240 g/mol. The van der Waals surface area contributed by atoms with Crippen LogP contribution in [0.1, 0.15) is 6.92 Å². The van der Waals surface area contributed by atoms with Crippen molar-refractivity contribution in [1.29, 1.82) is 0 Å². The number of aromatic nitrogens is 1. The summed E-state index contributed by atoms with van der Waals surface area (Å²) in [5.74, 6) is 0.383. The summed E-state index contributed by atoms with van der Waals surface area (Å²) in [6.07, 6.45) is 0. The van der Waals surface area contributed by atoms with Gasteiger partial charge in [0.05, 0.1) is 11.3 Å². The number of para-hydroxylation sites is 3. The number of benzene rings is 2. The van der Waals surface area contributed by atoms with Crippen LogP contribution in [0, 0.1) is 0 Å². The van der Waals surface area contributed by atoms with Crippen LogP contribution < -0.4 is 5.32 Å². The Morgan fingerprint density at radius 2 is 1.84 bits per heavy atom. The summed E-state index contributed by atoms with van der Waals surface area (Å²) in [5, 5.41) is 2.78. The maximum atomic E-state index is 11.2. The zero-order valence-corrected chi connectivity index (χ0v) is 10.4. The fourth-order valence-electron chi connectivity index (χ4n) is 1.96. The second-order valence-corrected chi connectivity index (χ2v) is 4.21. The highest BCUT2D eigenvalue weighted by Gasteiger charge is 2.12. The molecule has 1 amide bonds. The normalized spacial score (nSPS) is 10.6. The molecule has 1 N–H and O–H groups in total. The molecule has 0 bridgehead atoms. The van der Waals surface area contributed by atoms with Gasteiger partial charge in [0, 0.05) is 6.92 Å². The molecule has 0 spiro atoms. The van der Waals surface area contributed by atoms with Crippen molar-refractivity contribution >= 4 is 22.7 Å². The summed E-state index contributed by atoms with van der Waals surface area (Å²) in [4.78, 5) is 15.6. The largest absolute Gasteiger partial charge is 0.436 e. The molecule has 1 aromatic heterocycles. The van der Waals surface area contributed by atoms with Crippen LogP contribution in [0.25, 0.3) is 22.6 Å². The average molecular weight is 252 g/mol. The van der Waals surface area contributed by atoms with Crippen molar-refractivity contribution in [2.45, 2.75) is 6.92 Å². The first kappa shape index (κ1) is 11.5. The van der Waals surface area contributed by atoms with E-state index < -0.39 is 0 Å². The van der Waals surface area contributed by atoms with Crippen molar-refractivity contribution in [2.75, 3.05) is 5.32 Å². The molecule has 0 fully saturated rings. The number of oxazole rings is 1. The predicted molar refractivity (Wildman–Crippen MR) is 73.7 cm³/mol. The lowest BCUT2D eigenvalue weighted by molar-refractivity contribution is -0.114. The van der Waals surface area contributed by atoms with Crippen LogP contribution in [0.2, 0.25) is 0 Å². The minimum atomic E-state index is -0.122. The first-order chi connectivity index (χ1) is 9.24. The Balaban J connectivity index is 2.13. The van der Waals surface area contributed by atoms with E-state index in [0.29, 0.717) is 11.6 Å². The van der Waals surface area contributed by atoms with E-state index in [2.05, 4.69) is 10.3 Å². The van der Waals surface area contributed by atoms with Crippen LogP contribution in [0.3, 0.4) is 0 Å². The molecule has 0 aliphatic carbocycles. The Bertz CT molecular complexity index is 713. The van der Waals surface area contributed by atoms with Crippen molar-refractivity contribution in [2.24, 2.45) is 0 Å². The Labute approximate surface area is 110 Å². The lowest BCUT2D eigenvalue weighted by Gasteiger charge is -2.06. The maximum absolute atomic E-state index is 11.2. The molecule has 1 heterocycles. The lowest BCUT2D eigenvalue weighted by Crippen LogP contribution is -2.06. The van der Waals surface area contributed by atoms with E-state index in [0.717, 1.165) is 16.7 Å². The molecule has 2 aromatic carbocycles. The van der Waals surface area contributed by atoms with Crippen LogP contribution in [0.4, 0.5) is 5.69 Å². The molecule has 0 radical (unpaired) electrons. The molecular formula is C15H12N2O2. The second-order valence-electron chi connectivity index (χ2n) is 4.21. The third-order valence-electron chi connectivity index (χ3n) is 2.76. The van der Waals surface area contributed by atoms with Gasteiger partial charge in [0.15, 0.2) is 5.58 Å². The Morgan fingerprint density at radius 1 is 1.11 bits per heavy atom. The molecule has 94 valence electrons. The average Bonchev–Trinajstić information content (AvgIpc) is 2.82. The van der Waals surface area contributed by atoms with Crippen molar-refractivity contribution < 1.29 is 9.21 Å². The number of anilines is 1. The van der Waals surface area contributed by atoms with Crippen LogP contribution in [-0.2, 0) is 4.79 Å². The van der Waals surface area contributed by atoms with E-state index in [1.807, 2.05) is 48.5 Å². The minimum absolute atomic E-state index is 0.122. The molecule has 0 saturated heterocycles. The molecule has 19 heavy (non-hydrogen) atoms. The molecule has 4 heteroatoms. The van der Waals surface area contributed by atoms with Gasteiger partial charge < -0.3 is 9.73 Å². The van der Waals surface area contributed by atoms with Crippen LogP contribution in [-0.4, -0.2) is 10.9 Å². The van der Waals surface area contributed by atoms with Gasteiger partial charge in [-0.05, 0) is 24.3 Å². The van der Waals surface area contributed by atoms with Crippen molar-refractivity contribution in [1.82, 2.24) is 4.98 Å². The lowest BCUT2D eigenvalue weighted by atomic mass is 10.2. The summed E-state index contributed by atoms with van der Waals surface area (Å²) in [6, 6.07) is 15.0. The predicted octanol–water partition coefficient (Wildman–Crippen LogP) is 3.45. The highest BCUT2D eigenvalue weighted by Crippen LogP contribution is 2.29. The summed E-state index contributed by atoms with van der Waals surface area (Å²) in [7, 11) is 0. The van der Waals surface area contributed by atoms with Crippen LogP contribution in [0.15, 0.2) is 52.9 Å². The van der Waals surface area contributed by atoms with Crippen molar-refractivity contribution in [3.63, 3.8) is 0 Å². The van der Waals surface area contributed by atoms with E-state index in [1.165, 1.54) is 6.92 Å². The first-order valence-electron chi connectivity index (χ1n) is 5.96. The van der Waals surface area contributed by atoms with Gasteiger partial charge in [-0.15, -0.1) is 0 Å². The van der Waals surface area contributed by atoms with Gasteiger partial charge in [-0.2, -0.15) is 0 Å². The second kappa shape index (κ2) is 4.57. The number of carbonyl (C=O) groups excluding carboxylic acids is 1. The number of nitrogens with one attached hydrogen (secondary N) is 1. The summed E-state index contributed by atoms with van der Waals surface area (Å²) >= 11 is 0. The van der Waals surface area contributed by atoms with Gasteiger partial charge in [-0.1, -0.05) is 24.3 Å². The van der Waals surface area contributed by atoms with Crippen LogP contribution >= 0.6 is 0 Å². The van der Waals surface area contributed by atoms with Gasteiger partial charge in [-0.3, -0.25) is 4.79 Å². The van der Waals surface area contributed by atoms with Gasteiger partial charge in [-0.25, -0.2) is 4.98 Å². The van der Waals surface area contributed by atoms with Gasteiger partial charge in [0.25, 0.3) is 0 Å². The number of hydrogen-bond donors (Lipinski definition) is 1. The smallest absolute Gasteiger partial charge is 0.229 e. The van der Waals surface area contributed by atoms with Crippen molar-refractivity contribution in [3.05, 3.63) is 48.5 Å². The summed E-state index contributed by atoms with van der Waals surface area (Å²) in [6.45, 7) is 1.48. The van der Waals surface area contributed by atoms with E-state index >= 15 is 0 Å². The molecule has 0 saturated carbocycles. The fraction of sp³-hybridized carbons (Fsp3) is 0.0667. The SMILES string of the molecule is CC(=O)Nc1ccccc1-c1nc2ccccc2o1. The first-order valence-corrected chi connectivity index (χ1v) is 5.96. The van der Waals surface area contributed by atoms with E-state index in [4.69, 9.17) is 4.42 Å². The van der Waals surface area contributed by atoms with Crippen molar-refractivity contribution in [3.8, 4) is 11.5 Å². The number of amides is 1. The fourth-order valence-corrected chi connectivity index (χ4v) is 1.96. The minimum Gasteiger partial charge on any atom is -0.436 e. The molecule has 0 unspecified atom stereocenters. The maximum Gasteiger partial charge on any atom is 0.229 e. The number of carbonyl (C=O) groups is 1. The number of rotatable bonds is 2. The van der Waals surface area contributed by atoms with E-state index in [9.17, 15) is 4.79 Å². The molecule has 4 nitrogen and oxygen atoms in total. The number of fused-ring (bicyclic) bond motifs is 1. The monoisotopic (exact) mass is 252 g/mol. The van der Waals surface area contributed by atoms with Gasteiger partial charge in [0.1, 0.15) is 5.52 Å². The van der Waals surface area contributed by atoms with E-state index in [1.54, 1.807) is 0 Å². The Morgan fingerprint density at radius 3 is 2.63 bits per heavy atom. The zero-order valence-electron chi connectivity index (χ0n) is 10.4. The highest BCUT2D eigenvalue weighted by molar-refractivity contribution is 5.93. The zero-order chi connectivity index (χ0) is 13.2. The number of nitrogens with zero attached hydrogens (tertiary/aromatic N) is 1. The molecule has 0 aliphatic rings.